The number of carboxylic acids is 1. The predicted molar refractivity (Wildman–Crippen MR) is 96.1 cm³/mol. The Morgan fingerprint density at radius 2 is 1.35 bits per heavy atom. The van der Waals surface area contributed by atoms with Gasteiger partial charge in [0.15, 0.2) is 0 Å². The molecule has 0 spiro atoms. The van der Waals surface area contributed by atoms with Gasteiger partial charge in [0.1, 0.15) is 0 Å². The third-order valence-electron chi connectivity index (χ3n) is 3.05. The molecule has 0 bridgehead atoms. The minimum atomic E-state index is -0.894. The van der Waals surface area contributed by atoms with Crippen LogP contribution in [0.1, 0.15) is 31.8 Å². The lowest BCUT2D eigenvalue weighted by Gasteiger charge is -2.04. The van der Waals surface area contributed by atoms with E-state index in [1.165, 1.54) is 7.11 Å². The number of halogens is 2. The molecule has 2 aromatic carbocycles. The van der Waals surface area contributed by atoms with Crippen LogP contribution in [0.25, 0.3) is 0 Å². The Labute approximate surface area is 151 Å². The monoisotopic (exact) mass is 442 g/mol. The van der Waals surface area contributed by atoms with Gasteiger partial charge in [-0.25, -0.2) is 9.59 Å². The number of aromatic carboxylic acids is 1. The van der Waals surface area contributed by atoms with Crippen molar-refractivity contribution in [3.63, 3.8) is 0 Å². The second-order valence-corrected chi connectivity index (χ2v) is 6.37. The van der Waals surface area contributed by atoms with Crippen LogP contribution in [0.5, 0.6) is 0 Å². The highest BCUT2D eigenvalue weighted by atomic mass is 79.9. The first-order valence-electron chi connectivity index (χ1n) is 6.61. The molecule has 0 saturated carbocycles. The van der Waals surface area contributed by atoms with Gasteiger partial charge in [-0.05, 0) is 69.0 Å². The Hall–Kier alpha value is -1.66. The average molecular weight is 444 g/mol. The molecule has 0 aliphatic heterocycles. The molecule has 0 aliphatic rings. The summed E-state index contributed by atoms with van der Waals surface area (Å²) in [5.74, 6) is -1.20. The van der Waals surface area contributed by atoms with E-state index in [0.717, 1.165) is 15.6 Å². The molecule has 0 fully saturated rings. The number of carbonyl (C=O) groups is 2. The summed E-state index contributed by atoms with van der Waals surface area (Å²) in [6.45, 7) is 3.64. The van der Waals surface area contributed by atoms with E-state index in [1.807, 2.05) is 31.2 Å². The van der Waals surface area contributed by atoms with Crippen molar-refractivity contribution in [3.05, 3.63) is 67.6 Å². The first-order chi connectivity index (χ1) is 10.8. The summed E-state index contributed by atoms with van der Waals surface area (Å²) in [6, 6.07) is 10.9. The summed E-state index contributed by atoms with van der Waals surface area (Å²) < 4.78 is 6.03. The molecule has 0 amide bonds. The molecule has 0 atom stereocenters. The number of carboxylic acid groups (broad SMARTS) is 1. The Balaban J connectivity index is 0.000000231. The van der Waals surface area contributed by atoms with E-state index >= 15 is 0 Å². The average Bonchev–Trinajstić information content (AvgIpc) is 2.47. The Bertz CT molecular complexity index is 686. The number of methoxy groups -OCH3 is 1. The van der Waals surface area contributed by atoms with Crippen molar-refractivity contribution in [1.82, 2.24) is 0 Å². The molecule has 0 aliphatic carbocycles. The quantitative estimate of drug-likeness (QED) is 0.663. The summed E-state index contributed by atoms with van der Waals surface area (Å²) in [5, 5.41) is 8.72. The lowest BCUT2D eigenvalue weighted by atomic mass is 10.1. The molecular weight excluding hydrogens is 428 g/mol. The second-order valence-electron chi connectivity index (χ2n) is 4.66. The first kappa shape index (κ1) is 19.4. The zero-order valence-corrected chi connectivity index (χ0v) is 16.1. The molecule has 2 aromatic rings. The van der Waals surface area contributed by atoms with Gasteiger partial charge >= 0.3 is 11.9 Å². The van der Waals surface area contributed by atoms with Crippen LogP contribution in [0.15, 0.2) is 45.3 Å². The molecule has 4 nitrogen and oxygen atoms in total. The third kappa shape index (κ3) is 5.18. The van der Waals surface area contributed by atoms with Gasteiger partial charge in [-0.15, -0.1) is 0 Å². The van der Waals surface area contributed by atoms with E-state index in [1.54, 1.807) is 19.1 Å². The van der Waals surface area contributed by atoms with Gasteiger partial charge in [0, 0.05) is 8.95 Å². The van der Waals surface area contributed by atoms with E-state index < -0.39 is 5.97 Å². The maximum atomic E-state index is 11.2. The summed E-state index contributed by atoms with van der Waals surface area (Å²) in [7, 11) is 1.38. The maximum Gasteiger partial charge on any atom is 0.339 e. The van der Waals surface area contributed by atoms with Crippen LogP contribution in [0.2, 0.25) is 0 Å². The highest BCUT2D eigenvalue weighted by Crippen LogP contribution is 2.21. The summed E-state index contributed by atoms with van der Waals surface area (Å²) >= 11 is 6.45. The van der Waals surface area contributed by atoms with Crippen LogP contribution in [-0.2, 0) is 4.74 Å². The summed E-state index contributed by atoms with van der Waals surface area (Å²) in [6.07, 6.45) is 0. The van der Waals surface area contributed by atoms with Crippen LogP contribution >= 0.6 is 31.9 Å². The van der Waals surface area contributed by atoms with E-state index in [2.05, 4.69) is 36.6 Å². The van der Waals surface area contributed by atoms with Gasteiger partial charge in [0.05, 0.1) is 18.2 Å². The molecule has 0 saturated heterocycles. The van der Waals surface area contributed by atoms with Crippen LogP contribution in [0.3, 0.4) is 0 Å². The van der Waals surface area contributed by atoms with E-state index in [0.29, 0.717) is 15.6 Å². The number of ether oxygens (including phenoxy) is 1. The van der Waals surface area contributed by atoms with Crippen molar-refractivity contribution in [2.45, 2.75) is 13.8 Å². The van der Waals surface area contributed by atoms with Crippen molar-refractivity contribution in [3.8, 4) is 0 Å². The zero-order valence-electron chi connectivity index (χ0n) is 12.9. The van der Waals surface area contributed by atoms with Crippen molar-refractivity contribution >= 4 is 43.8 Å². The normalized spacial score (nSPS) is 9.61. The predicted octanol–water partition coefficient (Wildman–Crippen LogP) is 5.00. The van der Waals surface area contributed by atoms with Gasteiger partial charge in [-0.1, -0.05) is 24.3 Å². The Morgan fingerprint density at radius 1 is 0.913 bits per heavy atom. The van der Waals surface area contributed by atoms with Gasteiger partial charge < -0.3 is 9.84 Å². The molecule has 122 valence electrons. The van der Waals surface area contributed by atoms with Crippen molar-refractivity contribution < 1.29 is 19.4 Å². The summed E-state index contributed by atoms with van der Waals surface area (Å²) in [4.78, 5) is 21.8. The lowest BCUT2D eigenvalue weighted by molar-refractivity contribution is 0.0598. The summed E-state index contributed by atoms with van der Waals surface area (Å²) in [5.41, 5.74) is 2.62. The topological polar surface area (TPSA) is 63.6 Å². The molecule has 1 N–H and O–H groups in total. The molecule has 23 heavy (non-hydrogen) atoms. The largest absolute Gasteiger partial charge is 0.478 e. The van der Waals surface area contributed by atoms with Crippen LogP contribution in [-0.4, -0.2) is 24.2 Å². The van der Waals surface area contributed by atoms with E-state index in [-0.39, 0.29) is 5.97 Å². The fourth-order valence-electron chi connectivity index (χ4n) is 1.90. The first-order valence-corrected chi connectivity index (χ1v) is 8.20. The van der Waals surface area contributed by atoms with Crippen LogP contribution in [0.4, 0.5) is 0 Å². The van der Waals surface area contributed by atoms with Crippen molar-refractivity contribution in [2.75, 3.05) is 7.11 Å². The fraction of sp³-hybridized carbons (Fsp3) is 0.176. The Kier molecular flexibility index (Phi) is 7.45. The highest BCUT2D eigenvalue weighted by Gasteiger charge is 2.12. The van der Waals surface area contributed by atoms with Crippen LogP contribution in [0, 0.1) is 13.8 Å². The van der Waals surface area contributed by atoms with Crippen molar-refractivity contribution in [1.29, 1.82) is 0 Å². The SMILES string of the molecule is COC(=O)c1c(C)cccc1Br.Cc1cccc(Br)c1C(=O)O. The maximum absolute atomic E-state index is 11.2. The molecular formula is C17H16Br2O4. The number of benzene rings is 2. The van der Waals surface area contributed by atoms with Crippen molar-refractivity contribution in [2.24, 2.45) is 0 Å². The number of aryl methyl sites for hydroxylation is 2. The number of rotatable bonds is 2. The Morgan fingerprint density at radius 3 is 1.65 bits per heavy atom. The van der Waals surface area contributed by atoms with Gasteiger partial charge in [0.2, 0.25) is 0 Å². The lowest BCUT2D eigenvalue weighted by Crippen LogP contribution is -2.04. The smallest absolute Gasteiger partial charge is 0.339 e. The minimum Gasteiger partial charge on any atom is -0.478 e. The van der Waals surface area contributed by atoms with Gasteiger partial charge in [-0.3, -0.25) is 0 Å². The number of hydrogen-bond acceptors (Lipinski definition) is 3. The third-order valence-corrected chi connectivity index (χ3v) is 4.37. The molecule has 0 aromatic heterocycles. The molecule has 6 heteroatoms. The molecule has 2 rings (SSSR count). The van der Waals surface area contributed by atoms with Gasteiger partial charge in [-0.2, -0.15) is 0 Å². The standard InChI is InChI=1S/C9H9BrO2.C8H7BrO2/c1-6-4-3-5-7(10)8(6)9(11)12-2;1-5-3-2-4-6(9)7(5)8(10)11/h3-5H,1-2H3;2-4H,1H3,(H,10,11). The van der Waals surface area contributed by atoms with Crippen LogP contribution < -0.4 is 0 Å². The zero-order chi connectivity index (χ0) is 17.6. The van der Waals surface area contributed by atoms with E-state index in [4.69, 9.17) is 5.11 Å². The highest BCUT2D eigenvalue weighted by molar-refractivity contribution is 9.10. The number of esters is 1. The van der Waals surface area contributed by atoms with E-state index in [9.17, 15) is 9.59 Å². The molecule has 0 radical (unpaired) electrons. The number of carbonyl (C=O) groups excluding carboxylic acids is 1. The molecule has 0 unspecified atom stereocenters. The second kappa shape index (κ2) is 8.84. The minimum absolute atomic E-state index is 0.306. The van der Waals surface area contributed by atoms with Gasteiger partial charge in [0.25, 0.3) is 0 Å². The number of hydrogen-bond donors (Lipinski definition) is 1. The fourth-order valence-corrected chi connectivity index (χ4v) is 3.16. The molecule has 0 heterocycles.